The monoisotopic (exact) mass is 249 g/mol. The fraction of sp³-hybridized carbons (Fsp3) is 0.429. The highest BCUT2D eigenvalue weighted by Crippen LogP contribution is 2.15. The Kier molecular flexibility index (Phi) is 4.48. The van der Waals surface area contributed by atoms with E-state index in [0.717, 1.165) is 5.56 Å². The molecule has 0 saturated carbocycles. The number of hydrogen-bond donors (Lipinski definition) is 2. The maximum atomic E-state index is 11.8. The standard InChI is InChI=1S/C14H19NO3/c1-10(9-11-7-5-4-6-8-11)15-12(16)14(2,3)13(17)18/h4-8,10H,9H2,1-3H3,(H,15,16)(H,17,18). The Bertz CT molecular complexity index is 426. The van der Waals surface area contributed by atoms with Crippen molar-refractivity contribution in [2.45, 2.75) is 33.2 Å². The molecular formula is C14H19NO3. The number of aliphatic carboxylic acids is 1. The number of benzene rings is 1. The zero-order valence-electron chi connectivity index (χ0n) is 10.9. The molecular weight excluding hydrogens is 230 g/mol. The summed E-state index contributed by atoms with van der Waals surface area (Å²) in [6, 6.07) is 9.66. The second-order valence-electron chi connectivity index (χ2n) is 4.99. The molecule has 4 nitrogen and oxygen atoms in total. The lowest BCUT2D eigenvalue weighted by atomic mass is 9.92. The molecule has 0 aromatic heterocycles. The minimum atomic E-state index is -1.40. The third kappa shape index (κ3) is 3.58. The van der Waals surface area contributed by atoms with Gasteiger partial charge >= 0.3 is 5.97 Å². The molecule has 1 aromatic carbocycles. The summed E-state index contributed by atoms with van der Waals surface area (Å²) in [7, 11) is 0. The van der Waals surface area contributed by atoms with Gasteiger partial charge in [0.25, 0.3) is 0 Å². The third-order valence-electron chi connectivity index (χ3n) is 2.86. The van der Waals surface area contributed by atoms with Crippen molar-refractivity contribution in [1.82, 2.24) is 5.32 Å². The summed E-state index contributed by atoms with van der Waals surface area (Å²) < 4.78 is 0. The summed E-state index contributed by atoms with van der Waals surface area (Å²) in [4.78, 5) is 22.8. The van der Waals surface area contributed by atoms with Gasteiger partial charge in [0.2, 0.25) is 5.91 Å². The molecule has 0 aliphatic rings. The Hall–Kier alpha value is -1.84. The van der Waals surface area contributed by atoms with Gasteiger partial charge in [0, 0.05) is 6.04 Å². The van der Waals surface area contributed by atoms with Crippen LogP contribution in [0.25, 0.3) is 0 Å². The average Bonchev–Trinajstić information content (AvgIpc) is 2.29. The van der Waals surface area contributed by atoms with E-state index in [4.69, 9.17) is 5.11 Å². The van der Waals surface area contributed by atoms with Gasteiger partial charge in [0.15, 0.2) is 0 Å². The van der Waals surface area contributed by atoms with E-state index in [2.05, 4.69) is 5.32 Å². The zero-order valence-corrected chi connectivity index (χ0v) is 10.9. The van der Waals surface area contributed by atoms with Crippen LogP contribution in [0.5, 0.6) is 0 Å². The maximum Gasteiger partial charge on any atom is 0.318 e. The Labute approximate surface area is 107 Å². The van der Waals surface area contributed by atoms with Crippen molar-refractivity contribution in [3.8, 4) is 0 Å². The molecule has 1 rings (SSSR count). The van der Waals surface area contributed by atoms with Crippen molar-refractivity contribution < 1.29 is 14.7 Å². The fourth-order valence-electron chi connectivity index (χ4n) is 1.52. The van der Waals surface area contributed by atoms with Gasteiger partial charge in [0.05, 0.1) is 0 Å². The van der Waals surface area contributed by atoms with E-state index < -0.39 is 17.3 Å². The molecule has 0 radical (unpaired) electrons. The van der Waals surface area contributed by atoms with Gasteiger partial charge in [-0.25, -0.2) is 0 Å². The summed E-state index contributed by atoms with van der Waals surface area (Å²) in [6.45, 7) is 4.67. The number of nitrogens with one attached hydrogen (secondary N) is 1. The normalized spacial score (nSPS) is 12.8. The van der Waals surface area contributed by atoms with E-state index in [1.54, 1.807) is 0 Å². The summed E-state index contributed by atoms with van der Waals surface area (Å²) in [5.74, 6) is -1.58. The number of carboxylic acid groups (broad SMARTS) is 1. The van der Waals surface area contributed by atoms with Gasteiger partial charge in [-0.1, -0.05) is 30.3 Å². The topological polar surface area (TPSA) is 66.4 Å². The van der Waals surface area contributed by atoms with Crippen LogP contribution in [0.4, 0.5) is 0 Å². The molecule has 1 atom stereocenters. The molecule has 1 unspecified atom stereocenters. The maximum absolute atomic E-state index is 11.8. The van der Waals surface area contributed by atoms with Crippen molar-refractivity contribution in [3.63, 3.8) is 0 Å². The second kappa shape index (κ2) is 5.67. The molecule has 1 aromatic rings. The van der Waals surface area contributed by atoms with Crippen LogP contribution < -0.4 is 5.32 Å². The Morgan fingerprint density at radius 2 is 1.83 bits per heavy atom. The molecule has 0 aliphatic carbocycles. The van der Waals surface area contributed by atoms with E-state index in [1.165, 1.54) is 13.8 Å². The van der Waals surface area contributed by atoms with Crippen LogP contribution in [0.3, 0.4) is 0 Å². The number of carboxylic acids is 1. The second-order valence-corrected chi connectivity index (χ2v) is 4.99. The van der Waals surface area contributed by atoms with Crippen molar-refractivity contribution in [2.75, 3.05) is 0 Å². The van der Waals surface area contributed by atoms with Crippen LogP contribution in [-0.4, -0.2) is 23.0 Å². The van der Waals surface area contributed by atoms with Gasteiger partial charge in [-0.05, 0) is 32.8 Å². The van der Waals surface area contributed by atoms with E-state index in [9.17, 15) is 9.59 Å². The Balaban J connectivity index is 2.58. The van der Waals surface area contributed by atoms with E-state index in [1.807, 2.05) is 37.3 Å². The lowest BCUT2D eigenvalue weighted by Crippen LogP contribution is -2.46. The van der Waals surface area contributed by atoms with Crippen LogP contribution in [0.1, 0.15) is 26.3 Å². The minimum absolute atomic E-state index is 0.0986. The number of amides is 1. The molecule has 0 fully saturated rings. The minimum Gasteiger partial charge on any atom is -0.480 e. The predicted molar refractivity (Wildman–Crippen MR) is 69.2 cm³/mol. The molecule has 98 valence electrons. The van der Waals surface area contributed by atoms with Crippen molar-refractivity contribution in [2.24, 2.45) is 5.41 Å². The van der Waals surface area contributed by atoms with Crippen molar-refractivity contribution in [3.05, 3.63) is 35.9 Å². The smallest absolute Gasteiger partial charge is 0.318 e. The highest BCUT2D eigenvalue weighted by atomic mass is 16.4. The Morgan fingerprint density at radius 1 is 1.28 bits per heavy atom. The summed E-state index contributed by atoms with van der Waals surface area (Å²) in [5.41, 5.74) is -0.288. The number of rotatable bonds is 5. The molecule has 1 amide bonds. The molecule has 0 bridgehead atoms. The first-order valence-corrected chi connectivity index (χ1v) is 5.92. The van der Waals surface area contributed by atoms with Gasteiger partial charge < -0.3 is 10.4 Å². The zero-order chi connectivity index (χ0) is 13.8. The molecule has 0 aliphatic heterocycles. The van der Waals surface area contributed by atoms with Crippen molar-refractivity contribution >= 4 is 11.9 Å². The number of carbonyl (C=O) groups excluding carboxylic acids is 1. The van der Waals surface area contributed by atoms with Crippen LogP contribution >= 0.6 is 0 Å². The van der Waals surface area contributed by atoms with E-state index in [0.29, 0.717) is 6.42 Å². The van der Waals surface area contributed by atoms with Crippen LogP contribution in [0.15, 0.2) is 30.3 Å². The molecule has 18 heavy (non-hydrogen) atoms. The average molecular weight is 249 g/mol. The summed E-state index contributed by atoms with van der Waals surface area (Å²) in [6.07, 6.45) is 0.683. The molecule has 0 spiro atoms. The first-order chi connectivity index (χ1) is 8.34. The third-order valence-corrected chi connectivity index (χ3v) is 2.86. The molecule has 0 saturated heterocycles. The Morgan fingerprint density at radius 3 is 2.33 bits per heavy atom. The van der Waals surface area contributed by atoms with Gasteiger partial charge in [0.1, 0.15) is 5.41 Å². The van der Waals surface area contributed by atoms with E-state index in [-0.39, 0.29) is 6.04 Å². The quantitative estimate of drug-likeness (QED) is 0.782. The molecule has 4 heteroatoms. The van der Waals surface area contributed by atoms with Crippen LogP contribution in [0, 0.1) is 5.41 Å². The predicted octanol–water partition coefficient (Wildman–Crippen LogP) is 1.84. The van der Waals surface area contributed by atoms with Crippen molar-refractivity contribution in [1.29, 1.82) is 0 Å². The summed E-state index contributed by atoms with van der Waals surface area (Å²) >= 11 is 0. The lowest BCUT2D eigenvalue weighted by Gasteiger charge is -2.22. The molecule has 0 heterocycles. The fourth-order valence-corrected chi connectivity index (χ4v) is 1.52. The first-order valence-electron chi connectivity index (χ1n) is 5.92. The molecule has 2 N–H and O–H groups in total. The van der Waals surface area contributed by atoms with Gasteiger partial charge in [-0.2, -0.15) is 0 Å². The van der Waals surface area contributed by atoms with Crippen LogP contribution in [0.2, 0.25) is 0 Å². The highest BCUT2D eigenvalue weighted by molar-refractivity contribution is 6.01. The van der Waals surface area contributed by atoms with Crippen LogP contribution in [-0.2, 0) is 16.0 Å². The van der Waals surface area contributed by atoms with E-state index >= 15 is 0 Å². The van der Waals surface area contributed by atoms with Gasteiger partial charge in [-0.3, -0.25) is 9.59 Å². The highest BCUT2D eigenvalue weighted by Gasteiger charge is 2.36. The lowest BCUT2D eigenvalue weighted by molar-refractivity contribution is -0.153. The summed E-state index contributed by atoms with van der Waals surface area (Å²) in [5, 5.41) is 11.7. The number of hydrogen-bond acceptors (Lipinski definition) is 2. The number of carbonyl (C=O) groups is 2. The van der Waals surface area contributed by atoms with Gasteiger partial charge in [-0.15, -0.1) is 0 Å². The SMILES string of the molecule is CC(Cc1ccccc1)NC(=O)C(C)(C)C(=O)O. The first kappa shape index (κ1) is 14.2. The largest absolute Gasteiger partial charge is 0.480 e.